The number of phosphoric ester groups is 1. The van der Waals surface area contributed by atoms with Crippen LogP contribution >= 0.6 is 7.82 Å². The molecular weight excluding hydrogens is 803 g/mol. The van der Waals surface area contributed by atoms with E-state index in [4.69, 9.17) is 18.5 Å². The molecule has 0 amide bonds. The van der Waals surface area contributed by atoms with Crippen LogP contribution in [0.2, 0.25) is 0 Å². The van der Waals surface area contributed by atoms with Crippen molar-refractivity contribution in [2.75, 3.05) is 13.2 Å². The van der Waals surface area contributed by atoms with Gasteiger partial charge >= 0.3 is 19.8 Å². The monoisotopic (exact) mass is 885 g/mol. The van der Waals surface area contributed by atoms with Gasteiger partial charge in [0.25, 0.3) is 0 Å². The Labute approximate surface area is 366 Å². The molecule has 0 spiro atoms. The number of phosphoric acid groups is 1. The van der Waals surface area contributed by atoms with Gasteiger partial charge in [-0.1, -0.05) is 139 Å². The molecule has 0 saturated heterocycles. The van der Waals surface area contributed by atoms with E-state index in [-0.39, 0.29) is 12.8 Å². The van der Waals surface area contributed by atoms with Gasteiger partial charge in [0.15, 0.2) is 6.10 Å². The fourth-order valence-electron chi connectivity index (χ4n) is 6.62. The Morgan fingerprint density at radius 1 is 0.525 bits per heavy atom. The lowest BCUT2D eigenvalue weighted by atomic mass is 9.85. The van der Waals surface area contributed by atoms with Crippen LogP contribution in [-0.4, -0.2) is 98.3 Å². The van der Waals surface area contributed by atoms with E-state index in [9.17, 15) is 44.6 Å². The van der Waals surface area contributed by atoms with Gasteiger partial charge in [0, 0.05) is 12.8 Å². The summed E-state index contributed by atoms with van der Waals surface area (Å²) < 4.78 is 33.5. The molecule has 8 atom stereocenters. The van der Waals surface area contributed by atoms with Crippen molar-refractivity contribution in [2.45, 2.75) is 211 Å². The van der Waals surface area contributed by atoms with E-state index in [1.807, 2.05) is 0 Å². The van der Waals surface area contributed by atoms with Gasteiger partial charge in [-0.2, -0.15) is 0 Å². The van der Waals surface area contributed by atoms with Gasteiger partial charge in [-0.05, 0) is 77.0 Å². The number of carbonyl (C=O) groups excluding carboxylic acids is 2. The first-order valence-electron chi connectivity index (χ1n) is 23.1. The van der Waals surface area contributed by atoms with Crippen LogP contribution in [0, 0.1) is 0 Å². The van der Waals surface area contributed by atoms with Crippen LogP contribution in [0.1, 0.15) is 168 Å². The van der Waals surface area contributed by atoms with Crippen LogP contribution in [0.25, 0.3) is 0 Å². The smallest absolute Gasteiger partial charge is 0.462 e. The predicted octanol–water partition coefficient (Wildman–Crippen LogP) is 8.94. The molecule has 13 nitrogen and oxygen atoms in total. The average Bonchev–Trinajstić information content (AvgIpc) is 3.24. The van der Waals surface area contributed by atoms with Gasteiger partial charge in [0.2, 0.25) is 0 Å². The molecule has 352 valence electrons. The summed E-state index contributed by atoms with van der Waals surface area (Å²) in [4.78, 5) is 35.7. The summed E-state index contributed by atoms with van der Waals surface area (Å²) in [6, 6.07) is 0. The second-order valence-electron chi connectivity index (χ2n) is 15.9. The number of hydrogen-bond acceptors (Lipinski definition) is 12. The highest BCUT2D eigenvalue weighted by atomic mass is 31.2. The Hall–Kier alpha value is -2.45. The molecule has 1 aliphatic rings. The number of aliphatic hydroxyl groups is 5. The minimum absolute atomic E-state index is 0.0813. The topological polar surface area (TPSA) is 210 Å². The Morgan fingerprint density at radius 2 is 0.934 bits per heavy atom. The molecule has 0 heterocycles. The van der Waals surface area contributed by atoms with E-state index in [2.05, 4.69) is 74.6 Å². The van der Waals surface area contributed by atoms with Crippen molar-refractivity contribution in [2.24, 2.45) is 0 Å². The van der Waals surface area contributed by atoms with Crippen LogP contribution in [0.15, 0.2) is 60.8 Å². The zero-order valence-corrected chi connectivity index (χ0v) is 38.1. The highest BCUT2D eigenvalue weighted by molar-refractivity contribution is 7.47. The van der Waals surface area contributed by atoms with Crippen molar-refractivity contribution < 1.29 is 63.1 Å². The Kier molecular flexibility index (Phi) is 34.3. The SMILES string of the molecule is CC/C=C/C/C=C/C/C=C/CCCCCCCC(=O)OC[C@H](COP(=O)(O)OC1C(O)C(O)C(O)[C@H](O)C1O)OC(=O)CCCCCCCCC/C=C/C/C=C/CCCCC. The fourth-order valence-corrected chi connectivity index (χ4v) is 7.60. The second-order valence-corrected chi connectivity index (χ2v) is 17.3. The van der Waals surface area contributed by atoms with Gasteiger partial charge in [0.05, 0.1) is 6.61 Å². The summed E-state index contributed by atoms with van der Waals surface area (Å²) in [5.41, 5.74) is 0. The molecule has 0 aromatic rings. The molecule has 1 saturated carbocycles. The number of unbranched alkanes of at least 4 members (excludes halogenated alkanes) is 15. The van der Waals surface area contributed by atoms with E-state index < -0.39 is 75.7 Å². The zero-order chi connectivity index (χ0) is 45.0. The fraction of sp³-hybridized carbons (Fsp3) is 0.745. The van der Waals surface area contributed by atoms with Crippen molar-refractivity contribution >= 4 is 19.8 Å². The van der Waals surface area contributed by atoms with E-state index in [0.29, 0.717) is 12.8 Å². The van der Waals surface area contributed by atoms with Crippen LogP contribution in [0.5, 0.6) is 0 Å². The van der Waals surface area contributed by atoms with Gasteiger partial charge < -0.3 is 39.9 Å². The lowest BCUT2D eigenvalue weighted by Gasteiger charge is -2.41. The standard InChI is InChI=1S/C47H81O13P/c1-3-5-7-9-11-13-15-17-19-20-22-24-26-28-30-32-34-36-41(49)59-39(38-58-61(55,56)60-47-45(53)43(51)42(50)44(52)46(47)54)37-57-40(48)35-33-31-29-27-25-23-21-18-16-14-12-10-8-6-4-2/h6,8,11-14,17-19,21,39,42-47,50-54H,3-5,7,9-10,15-16,20,22-38H2,1-2H3,(H,55,56)/b8-6+,13-11+,14-12+,19-17+,21-18+/t39-,42?,43+,44?,45?,46?,47?/m1/s1. The summed E-state index contributed by atoms with van der Waals surface area (Å²) in [6.45, 7) is 3.13. The van der Waals surface area contributed by atoms with Gasteiger partial charge in [0.1, 0.15) is 43.2 Å². The lowest BCUT2D eigenvalue weighted by Crippen LogP contribution is -2.64. The number of carbonyl (C=O) groups is 2. The minimum Gasteiger partial charge on any atom is -0.462 e. The first kappa shape index (κ1) is 56.6. The van der Waals surface area contributed by atoms with Crippen molar-refractivity contribution in [1.29, 1.82) is 0 Å². The van der Waals surface area contributed by atoms with Crippen molar-refractivity contribution in [3.05, 3.63) is 60.8 Å². The largest absolute Gasteiger partial charge is 0.472 e. The maximum atomic E-state index is 12.8. The Morgan fingerprint density at radius 3 is 1.43 bits per heavy atom. The number of aliphatic hydroxyl groups excluding tert-OH is 5. The predicted molar refractivity (Wildman–Crippen MR) is 239 cm³/mol. The first-order valence-corrected chi connectivity index (χ1v) is 24.6. The van der Waals surface area contributed by atoms with Crippen LogP contribution in [0.3, 0.4) is 0 Å². The van der Waals surface area contributed by atoms with Gasteiger partial charge in [-0.3, -0.25) is 18.6 Å². The second kappa shape index (κ2) is 37.0. The van der Waals surface area contributed by atoms with E-state index in [0.717, 1.165) is 109 Å². The van der Waals surface area contributed by atoms with Gasteiger partial charge in [-0.15, -0.1) is 0 Å². The van der Waals surface area contributed by atoms with Crippen molar-refractivity contribution in [1.82, 2.24) is 0 Å². The molecule has 0 bridgehead atoms. The number of rotatable bonds is 37. The number of ether oxygens (including phenoxy) is 2. The number of esters is 2. The molecule has 0 aromatic heterocycles. The third kappa shape index (κ3) is 29.5. The molecule has 6 unspecified atom stereocenters. The van der Waals surface area contributed by atoms with Crippen molar-refractivity contribution in [3.63, 3.8) is 0 Å². The third-order valence-corrected chi connectivity index (χ3v) is 11.3. The summed E-state index contributed by atoms with van der Waals surface area (Å²) in [6.07, 6.45) is 31.2. The average molecular weight is 885 g/mol. The molecule has 1 aliphatic carbocycles. The third-order valence-electron chi connectivity index (χ3n) is 10.3. The molecule has 6 N–H and O–H groups in total. The summed E-state index contributed by atoms with van der Waals surface area (Å²) in [5.74, 6) is -1.13. The van der Waals surface area contributed by atoms with E-state index in [1.165, 1.54) is 19.3 Å². The maximum absolute atomic E-state index is 12.8. The molecule has 1 fully saturated rings. The minimum atomic E-state index is -5.13. The zero-order valence-electron chi connectivity index (χ0n) is 37.2. The Balaban J connectivity index is 2.48. The lowest BCUT2D eigenvalue weighted by molar-refractivity contribution is -0.220. The summed E-state index contributed by atoms with van der Waals surface area (Å²) in [5, 5.41) is 50.1. The van der Waals surface area contributed by atoms with Gasteiger partial charge in [-0.25, -0.2) is 4.57 Å². The van der Waals surface area contributed by atoms with E-state index in [1.54, 1.807) is 0 Å². The first-order chi connectivity index (χ1) is 29.4. The molecule has 14 heteroatoms. The summed E-state index contributed by atoms with van der Waals surface area (Å²) in [7, 11) is -5.13. The molecule has 0 aromatic carbocycles. The molecule has 0 radical (unpaired) electrons. The maximum Gasteiger partial charge on any atom is 0.472 e. The van der Waals surface area contributed by atoms with E-state index >= 15 is 0 Å². The molecule has 61 heavy (non-hydrogen) atoms. The normalized spacial score (nSPS) is 22.6. The van der Waals surface area contributed by atoms with Crippen molar-refractivity contribution in [3.8, 4) is 0 Å². The number of hydrogen-bond donors (Lipinski definition) is 6. The van der Waals surface area contributed by atoms with Crippen LogP contribution in [-0.2, 0) is 32.7 Å². The highest BCUT2D eigenvalue weighted by Crippen LogP contribution is 2.47. The Bertz CT molecular complexity index is 1300. The molecular formula is C47H81O13P. The van der Waals surface area contributed by atoms with Crippen LogP contribution < -0.4 is 0 Å². The quantitative estimate of drug-likeness (QED) is 0.0149. The number of allylic oxidation sites excluding steroid dienone is 10. The summed E-state index contributed by atoms with van der Waals surface area (Å²) >= 11 is 0. The molecule has 0 aliphatic heterocycles. The van der Waals surface area contributed by atoms with Crippen LogP contribution in [0.4, 0.5) is 0 Å². The highest BCUT2D eigenvalue weighted by Gasteiger charge is 2.51. The molecule has 1 rings (SSSR count).